The van der Waals surface area contributed by atoms with Crippen LogP contribution in [-0.4, -0.2) is 12.4 Å². The van der Waals surface area contributed by atoms with Crippen molar-refractivity contribution >= 4 is 17.4 Å². The number of aryl methyl sites for hydroxylation is 2. The summed E-state index contributed by atoms with van der Waals surface area (Å²) in [6.45, 7) is 3.74. The van der Waals surface area contributed by atoms with E-state index in [1.165, 1.54) is 0 Å². The fourth-order valence-electron chi connectivity index (χ4n) is 2.08. The summed E-state index contributed by atoms with van der Waals surface area (Å²) in [7, 11) is 0. The van der Waals surface area contributed by atoms with Gasteiger partial charge in [-0.25, -0.2) is 0 Å². The van der Waals surface area contributed by atoms with Gasteiger partial charge in [-0.2, -0.15) is 5.26 Å². The van der Waals surface area contributed by atoms with Gasteiger partial charge in [0.2, 0.25) is 0 Å². The molecule has 0 N–H and O–H groups in total. The van der Waals surface area contributed by atoms with Crippen molar-refractivity contribution in [3.05, 3.63) is 63.7 Å². The summed E-state index contributed by atoms with van der Waals surface area (Å²) in [5.41, 5.74) is 2.88. The number of hydrogen-bond acceptors (Lipinski definition) is 3. The lowest BCUT2D eigenvalue weighted by Crippen LogP contribution is -2.13. The van der Waals surface area contributed by atoms with Crippen molar-refractivity contribution in [3.8, 4) is 11.8 Å². The van der Waals surface area contributed by atoms with E-state index >= 15 is 0 Å². The third-order valence-corrected chi connectivity index (χ3v) is 3.44. The molecule has 0 saturated carbocycles. The summed E-state index contributed by atoms with van der Waals surface area (Å²) >= 11 is 5.92. The summed E-state index contributed by atoms with van der Waals surface area (Å²) in [5.74, 6) is 0.194. The largest absolute Gasteiger partial charge is 0.484 e. The van der Waals surface area contributed by atoms with Crippen LogP contribution in [-0.2, 0) is 0 Å². The first-order valence-electron chi connectivity index (χ1n) is 6.45. The normalized spacial score (nSPS) is 10.0. The molecule has 0 aliphatic heterocycles. The molecule has 0 atom stereocenters. The molecule has 106 valence electrons. The maximum absolute atomic E-state index is 12.2. The molecular formula is C17H14ClNO2. The Hall–Kier alpha value is -2.31. The molecule has 0 fully saturated rings. The first kappa shape index (κ1) is 15.1. The second-order valence-electron chi connectivity index (χ2n) is 4.76. The number of benzene rings is 2. The third kappa shape index (κ3) is 3.42. The Balaban J connectivity index is 2.15. The smallest absolute Gasteiger partial charge is 0.200 e. The number of ketones is 1. The number of ether oxygens (including phenoxy) is 1. The molecule has 4 heteroatoms. The van der Waals surface area contributed by atoms with E-state index in [9.17, 15) is 4.79 Å². The van der Waals surface area contributed by atoms with Crippen LogP contribution < -0.4 is 4.74 Å². The van der Waals surface area contributed by atoms with Crippen LogP contribution in [0, 0.1) is 25.2 Å². The zero-order valence-corrected chi connectivity index (χ0v) is 12.6. The van der Waals surface area contributed by atoms with Crippen LogP contribution in [0.5, 0.6) is 5.75 Å². The SMILES string of the molecule is Cc1ccc(C(=O)COc2cccc(Cl)c2C#N)c(C)c1. The zero-order chi connectivity index (χ0) is 15.4. The molecule has 0 amide bonds. The Kier molecular flexibility index (Phi) is 4.62. The first-order chi connectivity index (χ1) is 10.0. The number of carbonyl (C=O) groups is 1. The summed E-state index contributed by atoms with van der Waals surface area (Å²) in [6, 6.07) is 12.5. The molecule has 0 aromatic heterocycles. The van der Waals surface area contributed by atoms with Gasteiger partial charge in [0.05, 0.1) is 5.02 Å². The Morgan fingerprint density at radius 2 is 2.05 bits per heavy atom. The molecule has 0 spiro atoms. The fourth-order valence-corrected chi connectivity index (χ4v) is 2.29. The highest BCUT2D eigenvalue weighted by atomic mass is 35.5. The van der Waals surface area contributed by atoms with Gasteiger partial charge in [0.25, 0.3) is 0 Å². The van der Waals surface area contributed by atoms with Crippen molar-refractivity contribution in [1.82, 2.24) is 0 Å². The van der Waals surface area contributed by atoms with Crippen LogP contribution in [0.15, 0.2) is 36.4 Å². The summed E-state index contributed by atoms with van der Waals surface area (Å²) < 4.78 is 5.45. The van der Waals surface area contributed by atoms with Crippen molar-refractivity contribution in [2.45, 2.75) is 13.8 Å². The molecule has 2 rings (SSSR count). The van der Waals surface area contributed by atoms with E-state index in [0.29, 0.717) is 16.3 Å². The van der Waals surface area contributed by atoms with E-state index < -0.39 is 0 Å². The average molecular weight is 300 g/mol. The highest BCUT2D eigenvalue weighted by Crippen LogP contribution is 2.25. The van der Waals surface area contributed by atoms with Crippen LogP contribution in [0.4, 0.5) is 0 Å². The van der Waals surface area contributed by atoms with Crippen molar-refractivity contribution in [2.75, 3.05) is 6.61 Å². The minimum atomic E-state index is -0.128. The number of halogens is 1. The van der Waals surface area contributed by atoms with Gasteiger partial charge in [0, 0.05) is 5.56 Å². The van der Waals surface area contributed by atoms with Gasteiger partial charge in [-0.05, 0) is 31.5 Å². The van der Waals surface area contributed by atoms with Gasteiger partial charge in [-0.1, -0.05) is 41.4 Å². The molecule has 0 heterocycles. The maximum atomic E-state index is 12.2. The van der Waals surface area contributed by atoms with Crippen molar-refractivity contribution in [3.63, 3.8) is 0 Å². The second-order valence-corrected chi connectivity index (χ2v) is 5.16. The van der Waals surface area contributed by atoms with Crippen LogP contribution in [0.1, 0.15) is 27.0 Å². The van der Waals surface area contributed by atoms with E-state index in [1.807, 2.05) is 32.0 Å². The Bertz CT molecular complexity index is 732. The van der Waals surface area contributed by atoms with Crippen LogP contribution in [0.25, 0.3) is 0 Å². The molecule has 0 aliphatic rings. The molecule has 2 aromatic carbocycles. The number of hydrogen-bond donors (Lipinski definition) is 0. The van der Waals surface area contributed by atoms with E-state index in [0.717, 1.165) is 11.1 Å². The quantitative estimate of drug-likeness (QED) is 0.799. The van der Waals surface area contributed by atoms with Crippen molar-refractivity contribution in [2.24, 2.45) is 0 Å². The molecule has 0 saturated heterocycles. The number of carbonyl (C=O) groups excluding carboxylic acids is 1. The molecule has 0 aliphatic carbocycles. The highest BCUT2D eigenvalue weighted by Gasteiger charge is 2.12. The van der Waals surface area contributed by atoms with E-state index in [1.54, 1.807) is 24.3 Å². The second kappa shape index (κ2) is 6.43. The van der Waals surface area contributed by atoms with Gasteiger partial charge < -0.3 is 4.74 Å². The summed E-state index contributed by atoms with van der Waals surface area (Å²) in [4.78, 5) is 12.2. The van der Waals surface area contributed by atoms with Crippen LogP contribution in [0.3, 0.4) is 0 Å². The van der Waals surface area contributed by atoms with E-state index in [2.05, 4.69) is 0 Å². The van der Waals surface area contributed by atoms with E-state index in [4.69, 9.17) is 21.6 Å². The van der Waals surface area contributed by atoms with Crippen LogP contribution >= 0.6 is 11.6 Å². The number of Topliss-reactive ketones (excluding diaryl/α,β-unsaturated/α-hetero) is 1. The average Bonchev–Trinajstić information content (AvgIpc) is 2.44. The number of nitrogens with zero attached hydrogens (tertiary/aromatic N) is 1. The minimum Gasteiger partial charge on any atom is -0.484 e. The van der Waals surface area contributed by atoms with Crippen molar-refractivity contribution < 1.29 is 9.53 Å². The standard InChI is InChI=1S/C17H14ClNO2/c1-11-6-7-13(12(2)8-11)16(20)10-21-17-5-3-4-15(18)14(17)9-19/h3-8H,10H2,1-2H3. The van der Waals surface area contributed by atoms with Gasteiger partial charge in [0.1, 0.15) is 17.4 Å². The summed E-state index contributed by atoms with van der Waals surface area (Å²) in [6.07, 6.45) is 0. The fraction of sp³-hybridized carbons (Fsp3) is 0.176. The monoisotopic (exact) mass is 299 g/mol. The molecule has 0 bridgehead atoms. The van der Waals surface area contributed by atoms with Gasteiger partial charge in [0.15, 0.2) is 12.4 Å². The van der Waals surface area contributed by atoms with Gasteiger partial charge in [-0.15, -0.1) is 0 Å². The van der Waals surface area contributed by atoms with Gasteiger partial charge in [-0.3, -0.25) is 4.79 Å². The molecule has 21 heavy (non-hydrogen) atoms. The van der Waals surface area contributed by atoms with Gasteiger partial charge >= 0.3 is 0 Å². The lowest BCUT2D eigenvalue weighted by atomic mass is 10.0. The lowest BCUT2D eigenvalue weighted by molar-refractivity contribution is 0.0920. The molecular weight excluding hydrogens is 286 g/mol. The molecule has 0 radical (unpaired) electrons. The Morgan fingerprint density at radius 3 is 2.71 bits per heavy atom. The van der Waals surface area contributed by atoms with E-state index in [-0.39, 0.29) is 18.0 Å². The first-order valence-corrected chi connectivity index (χ1v) is 6.82. The predicted octanol–water partition coefficient (Wildman–Crippen LogP) is 4.09. The topological polar surface area (TPSA) is 50.1 Å². The Morgan fingerprint density at radius 1 is 1.29 bits per heavy atom. The minimum absolute atomic E-state index is 0.126. The predicted molar refractivity (Wildman–Crippen MR) is 81.9 cm³/mol. The highest BCUT2D eigenvalue weighted by molar-refractivity contribution is 6.31. The lowest BCUT2D eigenvalue weighted by Gasteiger charge is -2.09. The molecule has 3 nitrogen and oxygen atoms in total. The summed E-state index contributed by atoms with van der Waals surface area (Å²) in [5, 5.41) is 9.37. The maximum Gasteiger partial charge on any atom is 0.200 e. The Labute approximate surface area is 128 Å². The zero-order valence-electron chi connectivity index (χ0n) is 11.8. The number of nitriles is 1. The van der Waals surface area contributed by atoms with Crippen LogP contribution in [0.2, 0.25) is 5.02 Å². The number of rotatable bonds is 4. The van der Waals surface area contributed by atoms with Crippen molar-refractivity contribution in [1.29, 1.82) is 5.26 Å². The molecule has 2 aromatic rings. The third-order valence-electron chi connectivity index (χ3n) is 3.13. The molecule has 0 unspecified atom stereocenters.